The van der Waals surface area contributed by atoms with Crippen LogP contribution in [0.5, 0.6) is 0 Å². The summed E-state index contributed by atoms with van der Waals surface area (Å²) in [6, 6.07) is 0.288. The summed E-state index contributed by atoms with van der Waals surface area (Å²) in [5, 5.41) is -0.0134. The van der Waals surface area contributed by atoms with Gasteiger partial charge >= 0.3 is 12.4 Å². The highest BCUT2D eigenvalue weighted by atomic mass is 32.1. The molecule has 2 N–H and O–H groups in total. The number of benzene rings is 1. The minimum atomic E-state index is -4.77. The van der Waals surface area contributed by atoms with E-state index in [1.807, 2.05) is 0 Å². The molecule has 0 amide bonds. The molecule has 2 heterocycles. The Balaban J connectivity index is 1.97. The number of aromatic nitrogens is 1. The van der Waals surface area contributed by atoms with Crippen molar-refractivity contribution in [1.82, 2.24) is 9.88 Å². The number of hydrogen-bond acceptors (Lipinski definition) is 4. The first kappa shape index (κ1) is 19.9. The van der Waals surface area contributed by atoms with Gasteiger partial charge in [0.25, 0.3) is 0 Å². The van der Waals surface area contributed by atoms with Crippen LogP contribution in [0.15, 0.2) is 18.2 Å². The number of nitrogens with zero attached hydrogens (tertiary/aromatic N) is 2. The number of anilines is 1. The molecule has 27 heavy (non-hydrogen) atoms. The predicted molar refractivity (Wildman–Crippen MR) is 86.4 cm³/mol. The molecule has 3 nitrogen and oxygen atoms in total. The zero-order valence-electron chi connectivity index (χ0n) is 13.7. The molecule has 3 rings (SSSR count). The van der Waals surface area contributed by atoms with Crippen molar-refractivity contribution in [2.24, 2.45) is 0 Å². The van der Waals surface area contributed by atoms with E-state index in [1.54, 1.807) is 0 Å². The van der Waals surface area contributed by atoms with Gasteiger partial charge in [0.15, 0.2) is 5.13 Å². The number of hydrogen-bond donors (Lipinski definition) is 1. The first-order valence-corrected chi connectivity index (χ1v) is 8.71. The van der Waals surface area contributed by atoms with Crippen LogP contribution in [0.4, 0.5) is 35.9 Å². The van der Waals surface area contributed by atoms with Crippen molar-refractivity contribution >= 4 is 16.5 Å². The fourth-order valence-corrected chi connectivity index (χ4v) is 4.04. The molecule has 0 radical (unpaired) electrons. The zero-order chi connectivity index (χ0) is 20.0. The molecular formula is C16H14F7N3S. The molecule has 1 aromatic heterocycles. The Bertz CT molecular complexity index is 828. The minimum absolute atomic E-state index is 0.0134. The van der Waals surface area contributed by atoms with Gasteiger partial charge in [0.05, 0.1) is 11.3 Å². The topological polar surface area (TPSA) is 42.1 Å². The van der Waals surface area contributed by atoms with Crippen LogP contribution in [-0.4, -0.2) is 28.6 Å². The van der Waals surface area contributed by atoms with Crippen LogP contribution < -0.4 is 5.73 Å². The average molecular weight is 413 g/mol. The molecule has 1 fully saturated rings. The highest BCUT2D eigenvalue weighted by Crippen LogP contribution is 2.39. The van der Waals surface area contributed by atoms with E-state index in [0.717, 1.165) is 17.4 Å². The fourth-order valence-electron chi connectivity index (χ4n) is 3.16. The maximum Gasteiger partial charge on any atom is 0.416 e. The van der Waals surface area contributed by atoms with Crippen LogP contribution >= 0.6 is 11.3 Å². The lowest BCUT2D eigenvalue weighted by Crippen LogP contribution is -2.40. The van der Waals surface area contributed by atoms with Gasteiger partial charge in [-0.2, -0.15) is 26.3 Å². The molecule has 0 bridgehead atoms. The smallest absolute Gasteiger partial charge is 0.375 e. The van der Waals surface area contributed by atoms with Crippen molar-refractivity contribution in [2.75, 3.05) is 12.3 Å². The van der Waals surface area contributed by atoms with Gasteiger partial charge in [0.2, 0.25) is 0 Å². The van der Waals surface area contributed by atoms with E-state index in [0.29, 0.717) is 18.6 Å². The van der Waals surface area contributed by atoms with Gasteiger partial charge in [0.1, 0.15) is 11.9 Å². The summed E-state index contributed by atoms with van der Waals surface area (Å²) < 4.78 is 91.9. The molecule has 1 aliphatic heterocycles. The molecule has 1 saturated heterocycles. The van der Waals surface area contributed by atoms with Gasteiger partial charge in [-0.05, 0) is 37.6 Å². The Hall–Kier alpha value is -1.88. The first-order chi connectivity index (χ1) is 12.4. The minimum Gasteiger partial charge on any atom is -0.375 e. The molecule has 11 heteroatoms. The standard InChI is InChI=1S/C16H14F7N3S/c17-10-5-8(4-9(6-10)15(18,19)20)13-11(27-14(24)25-13)7-26-3-1-2-12(26)16(21,22)23/h4-6,12H,1-3,7H2,(H2,24,25)/t12-/m0/s1. The third-order valence-corrected chi connectivity index (χ3v) is 5.17. The summed E-state index contributed by atoms with van der Waals surface area (Å²) in [5.41, 5.74) is 4.21. The Labute approximate surface area is 153 Å². The summed E-state index contributed by atoms with van der Waals surface area (Å²) in [6.07, 6.45) is -8.87. The lowest BCUT2D eigenvalue weighted by Gasteiger charge is -2.26. The lowest BCUT2D eigenvalue weighted by molar-refractivity contribution is -0.177. The summed E-state index contributed by atoms with van der Waals surface area (Å²) in [5.74, 6) is -1.12. The Morgan fingerprint density at radius 3 is 2.48 bits per heavy atom. The summed E-state index contributed by atoms with van der Waals surface area (Å²) in [4.78, 5) is 5.39. The van der Waals surface area contributed by atoms with Crippen molar-refractivity contribution in [3.05, 3.63) is 34.5 Å². The van der Waals surface area contributed by atoms with E-state index in [4.69, 9.17) is 5.73 Å². The summed E-state index contributed by atoms with van der Waals surface area (Å²) >= 11 is 0.882. The quantitative estimate of drug-likeness (QED) is 0.714. The molecule has 0 unspecified atom stereocenters. The van der Waals surface area contributed by atoms with Gasteiger partial charge in [0, 0.05) is 17.0 Å². The number of nitrogens with two attached hydrogens (primary N) is 1. The number of rotatable bonds is 3. The van der Waals surface area contributed by atoms with E-state index in [2.05, 4.69) is 4.98 Å². The summed E-state index contributed by atoms with van der Waals surface area (Å²) in [6.45, 7) is 0.0185. The number of nitrogen functional groups attached to an aromatic ring is 1. The highest BCUT2D eigenvalue weighted by molar-refractivity contribution is 7.15. The normalized spacial score (nSPS) is 19.0. The lowest BCUT2D eigenvalue weighted by atomic mass is 10.1. The van der Waals surface area contributed by atoms with Crippen LogP contribution in [0.2, 0.25) is 0 Å². The van der Waals surface area contributed by atoms with Crippen LogP contribution in [0.3, 0.4) is 0 Å². The van der Waals surface area contributed by atoms with Crippen LogP contribution in [0, 0.1) is 5.82 Å². The molecule has 2 aromatic rings. The van der Waals surface area contributed by atoms with Crippen LogP contribution in [0.1, 0.15) is 23.3 Å². The van der Waals surface area contributed by atoms with Gasteiger partial charge in [-0.1, -0.05) is 0 Å². The summed E-state index contributed by atoms with van der Waals surface area (Å²) in [7, 11) is 0. The molecule has 1 aromatic carbocycles. The van der Waals surface area contributed by atoms with Crippen LogP contribution in [-0.2, 0) is 12.7 Å². The molecule has 1 aliphatic rings. The van der Waals surface area contributed by atoms with E-state index in [-0.39, 0.29) is 40.8 Å². The van der Waals surface area contributed by atoms with Crippen molar-refractivity contribution in [3.8, 4) is 11.3 Å². The Morgan fingerprint density at radius 2 is 1.85 bits per heavy atom. The van der Waals surface area contributed by atoms with Crippen molar-refractivity contribution in [3.63, 3.8) is 0 Å². The van der Waals surface area contributed by atoms with Crippen molar-refractivity contribution in [1.29, 1.82) is 0 Å². The fraction of sp³-hybridized carbons (Fsp3) is 0.438. The second-order valence-electron chi connectivity index (χ2n) is 6.22. The Morgan fingerprint density at radius 1 is 1.15 bits per heavy atom. The largest absolute Gasteiger partial charge is 0.416 e. The van der Waals surface area contributed by atoms with Crippen molar-refractivity contribution < 1.29 is 30.7 Å². The van der Waals surface area contributed by atoms with Crippen molar-refractivity contribution in [2.45, 2.75) is 37.8 Å². The molecule has 1 atom stereocenters. The molecule has 0 saturated carbocycles. The van der Waals surface area contributed by atoms with Gasteiger partial charge in [-0.15, -0.1) is 11.3 Å². The highest BCUT2D eigenvalue weighted by Gasteiger charge is 2.46. The average Bonchev–Trinajstić information content (AvgIpc) is 3.12. The number of alkyl halides is 6. The second kappa shape index (κ2) is 6.93. The molecule has 148 valence electrons. The Kier molecular flexibility index (Phi) is 5.10. The van der Waals surface area contributed by atoms with Crippen LogP contribution in [0.25, 0.3) is 11.3 Å². The second-order valence-corrected chi connectivity index (χ2v) is 7.34. The predicted octanol–water partition coefficient (Wildman–Crippen LogP) is 5.08. The third-order valence-electron chi connectivity index (χ3n) is 4.30. The first-order valence-electron chi connectivity index (χ1n) is 7.89. The van der Waals surface area contributed by atoms with Gasteiger partial charge in [-0.25, -0.2) is 9.37 Å². The van der Waals surface area contributed by atoms with E-state index < -0.39 is 29.8 Å². The number of thiazole rings is 1. The van der Waals surface area contributed by atoms with E-state index >= 15 is 0 Å². The van der Waals surface area contributed by atoms with E-state index in [1.165, 1.54) is 4.90 Å². The zero-order valence-corrected chi connectivity index (χ0v) is 14.5. The maximum atomic E-state index is 13.7. The third kappa shape index (κ3) is 4.34. The maximum absolute atomic E-state index is 13.7. The van der Waals surface area contributed by atoms with E-state index in [9.17, 15) is 30.7 Å². The van der Waals surface area contributed by atoms with Gasteiger partial charge in [-0.3, -0.25) is 4.90 Å². The SMILES string of the molecule is Nc1nc(-c2cc(F)cc(C(F)(F)F)c2)c(CN2CCC[C@H]2C(F)(F)F)s1. The molecular weight excluding hydrogens is 399 g/mol. The number of halogens is 7. The molecule has 0 spiro atoms. The molecule has 0 aliphatic carbocycles. The number of likely N-dealkylation sites (tertiary alicyclic amines) is 1. The monoisotopic (exact) mass is 413 g/mol. The van der Waals surface area contributed by atoms with Gasteiger partial charge < -0.3 is 5.73 Å².